The van der Waals surface area contributed by atoms with Crippen molar-refractivity contribution < 1.29 is 31.1 Å². The molecule has 0 saturated carbocycles. The Morgan fingerprint density at radius 1 is 1.15 bits per heavy atom. The average molecular weight is 448 g/mol. The van der Waals surface area contributed by atoms with Gasteiger partial charge in [0.15, 0.2) is 6.29 Å². The Balaban J connectivity index is 2.85. The number of aldehydes is 1. The molecule has 0 radical (unpaired) electrons. The summed E-state index contributed by atoms with van der Waals surface area (Å²) in [6.45, 7) is 0. The summed E-state index contributed by atoms with van der Waals surface area (Å²) in [7, 11) is 0. The molecule has 2 aromatic rings. The fourth-order valence-corrected chi connectivity index (χ4v) is 3.55. The Morgan fingerprint density at radius 3 is 2.04 bits per heavy atom. The molecule has 144 valence electrons. The Morgan fingerprint density at radius 2 is 1.67 bits per heavy atom. The molecule has 4 nitrogen and oxygen atoms in total. The number of nitriles is 1. The normalized spacial score (nSPS) is 12.1. The van der Waals surface area contributed by atoms with Crippen LogP contribution in [-0.2, 0) is 6.18 Å². The van der Waals surface area contributed by atoms with Gasteiger partial charge in [-0.3, -0.25) is 9.36 Å². The van der Waals surface area contributed by atoms with Gasteiger partial charge in [-0.15, -0.1) is 0 Å². The van der Waals surface area contributed by atoms with Crippen LogP contribution in [0.5, 0.6) is 0 Å². The molecule has 0 bridgehead atoms. The highest BCUT2D eigenvalue weighted by molar-refractivity contribution is 8.00. The number of thioether (sulfide) groups is 1. The summed E-state index contributed by atoms with van der Waals surface area (Å²) < 4.78 is 77.4. The number of rotatable bonds is 3. The minimum absolute atomic E-state index is 0.0275. The molecule has 0 aliphatic rings. The molecule has 0 spiro atoms. The van der Waals surface area contributed by atoms with Crippen molar-refractivity contribution in [3.63, 3.8) is 0 Å². The Bertz CT molecular complexity index is 939. The second-order valence-corrected chi connectivity index (χ2v) is 6.76. The molecule has 1 heterocycles. The minimum atomic E-state index is -4.85. The van der Waals surface area contributed by atoms with Gasteiger partial charge in [-0.25, -0.2) is 0 Å². The van der Waals surface area contributed by atoms with Gasteiger partial charge in [-0.1, -0.05) is 23.2 Å². The Hall–Kier alpha value is -2.03. The minimum Gasteiger partial charge on any atom is -0.384 e. The zero-order chi connectivity index (χ0) is 20.7. The standard InChI is InChI=1S/C14H5Cl2F6N3OS/c15-7-1-5(13(17,18)19)2-8(16)10(7)25-9(4-26)6(3-23)11(12(25)24)27-14(20,21)22/h1-2,4H,24H2. The van der Waals surface area contributed by atoms with Gasteiger partial charge in [0.25, 0.3) is 0 Å². The smallest absolute Gasteiger partial charge is 0.384 e. The summed E-state index contributed by atoms with van der Waals surface area (Å²) in [6.07, 6.45) is -4.77. The summed E-state index contributed by atoms with van der Waals surface area (Å²) in [5.74, 6) is -0.723. The monoisotopic (exact) mass is 447 g/mol. The average Bonchev–Trinajstić information content (AvgIpc) is 2.76. The molecule has 0 amide bonds. The van der Waals surface area contributed by atoms with Crippen LogP contribution in [-0.4, -0.2) is 16.4 Å². The molecule has 0 atom stereocenters. The first-order valence-corrected chi connectivity index (χ1v) is 8.10. The molecule has 27 heavy (non-hydrogen) atoms. The van der Waals surface area contributed by atoms with E-state index in [4.69, 9.17) is 34.2 Å². The number of nitrogens with two attached hydrogens (primary N) is 1. The molecule has 1 aromatic heterocycles. The number of hydrogen-bond donors (Lipinski definition) is 1. The zero-order valence-electron chi connectivity index (χ0n) is 12.5. The number of alkyl halides is 6. The zero-order valence-corrected chi connectivity index (χ0v) is 14.9. The maximum absolute atomic E-state index is 12.8. The van der Waals surface area contributed by atoms with Crippen molar-refractivity contribution in [2.45, 2.75) is 16.6 Å². The molecule has 0 aliphatic carbocycles. The van der Waals surface area contributed by atoms with E-state index >= 15 is 0 Å². The first-order valence-electron chi connectivity index (χ1n) is 6.53. The molecular weight excluding hydrogens is 443 g/mol. The van der Waals surface area contributed by atoms with Crippen LogP contribution in [0.15, 0.2) is 17.0 Å². The molecule has 13 heteroatoms. The van der Waals surface area contributed by atoms with Crippen LogP contribution in [0.25, 0.3) is 5.69 Å². The van der Waals surface area contributed by atoms with Crippen molar-refractivity contribution in [3.8, 4) is 11.8 Å². The summed E-state index contributed by atoms with van der Waals surface area (Å²) in [4.78, 5) is 10.6. The second-order valence-electron chi connectivity index (χ2n) is 4.87. The quantitative estimate of drug-likeness (QED) is 0.373. The van der Waals surface area contributed by atoms with Crippen LogP contribution in [0.3, 0.4) is 0 Å². The number of hydrogen-bond acceptors (Lipinski definition) is 4. The highest BCUT2D eigenvalue weighted by Gasteiger charge is 2.37. The van der Waals surface area contributed by atoms with Crippen molar-refractivity contribution >= 4 is 47.1 Å². The van der Waals surface area contributed by atoms with E-state index in [1.807, 2.05) is 0 Å². The second kappa shape index (κ2) is 7.18. The van der Waals surface area contributed by atoms with Gasteiger partial charge in [0, 0.05) is 0 Å². The largest absolute Gasteiger partial charge is 0.446 e. The van der Waals surface area contributed by atoms with E-state index in [-0.39, 0.29) is 6.29 Å². The van der Waals surface area contributed by atoms with Crippen LogP contribution >= 0.6 is 35.0 Å². The molecule has 1 aromatic carbocycles. The molecule has 0 unspecified atom stereocenters. The topological polar surface area (TPSA) is 71.8 Å². The van der Waals surface area contributed by atoms with E-state index in [0.29, 0.717) is 16.7 Å². The van der Waals surface area contributed by atoms with Gasteiger partial charge in [-0.05, 0) is 23.9 Å². The van der Waals surface area contributed by atoms with E-state index in [9.17, 15) is 31.1 Å². The molecule has 0 aliphatic heterocycles. The summed E-state index contributed by atoms with van der Waals surface area (Å²) >= 11 is 10.9. The number of halogens is 8. The SMILES string of the molecule is N#Cc1c(SC(F)(F)F)c(N)n(-c2c(Cl)cc(C(F)(F)F)cc2Cl)c1C=O. The van der Waals surface area contributed by atoms with Gasteiger partial charge >= 0.3 is 11.7 Å². The first-order chi connectivity index (χ1) is 12.3. The molecule has 2 rings (SSSR count). The maximum Gasteiger partial charge on any atom is 0.446 e. The van der Waals surface area contributed by atoms with Gasteiger partial charge in [0.05, 0.1) is 31.8 Å². The number of anilines is 1. The van der Waals surface area contributed by atoms with Crippen molar-refractivity contribution in [2.75, 3.05) is 5.73 Å². The highest BCUT2D eigenvalue weighted by Crippen LogP contribution is 2.46. The summed E-state index contributed by atoms with van der Waals surface area (Å²) in [5.41, 5.74) is -2.22. The lowest BCUT2D eigenvalue weighted by Crippen LogP contribution is -2.09. The number of carbonyl (C=O) groups is 1. The van der Waals surface area contributed by atoms with Crippen molar-refractivity contribution in [1.82, 2.24) is 4.57 Å². The van der Waals surface area contributed by atoms with Crippen LogP contribution < -0.4 is 5.73 Å². The van der Waals surface area contributed by atoms with E-state index in [1.165, 1.54) is 6.07 Å². The third-order valence-corrected chi connectivity index (χ3v) is 4.63. The lowest BCUT2D eigenvalue weighted by molar-refractivity contribution is -0.137. The maximum atomic E-state index is 12.8. The third-order valence-electron chi connectivity index (χ3n) is 3.21. The van der Waals surface area contributed by atoms with E-state index in [0.717, 1.165) is 0 Å². The number of nitrogen functional groups attached to an aromatic ring is 1. The predicted molar refractivity (Wildman–Crippen MR) is 87.2 cm³/mol. The first kappa shape index (κ1) is 21.3. The van der Waals surface area contributed by atoms with Crippen LogP contribution in [0, 0.1) is 11.3 Å². The van der Waals surface area contributed by atoms with Gasteiger partial charge in [-0.2, -0.15) is 31.6 Å². The van der Waals surface area contributed by atoms with E-state index in [1.54, 1.807) is 0 Å². The summed E-state index contributed by atoms with van der Waals surface area (Å²) in [6, 6.07) is 2.37. The van der Waals surface area contributed by atoms with E-state index < -0.39 is 66.7 Å². The molecular formula is C14H5Cl2F6N3OS. The van der Waals surface area contributed by atoms with Crippen molar-refractivity contribution in [3.05, 3.63) is 39.0 Å². The van der Waals surface area contributed by atoms with E-state index in [2.05, 4.69) is 0 Å². The van der Waals surface area contributed by atoms with Gasteiger partial charge in [0.1, 0.15) is 17.6 Å². The predicted octanol–water partition coefficient (Wildman–Crippen LogP) is 5.68. The fourth-order valence-electron chi connectivity index (χ4n) is 2.21. The Labute approximate surface area is 161 Å². The molecule has 2 N–H and O–H groups in total. The molecule has 0 saturated heterocycles. The lowest BCUT2D eigenvalue weighted by atomic mass is 10.2. The highest BCUT2D eigenvalue weighted by atomic mass is 35.5. The van der Waals surface area contributed by atoms with Crippen molar-refractivity contribution in [1.29, 1.82) is 5.26 Å². The number of aromatic nitrogens is 1. The molecule has 0 fully saturated rings. The fraction of sp³-hybridized carbons (Fsp3) is 0.143. The van der Waals surface area contributed by atoms with Crippen LogP contribution in [0.2, 0.25) is 10.0 Å². The van der Waals surface area contributed by atoms with Gasteiger partial charge in [0.2, 0.25) is 0 Å². The number of carbonyl (C=O) groups excluding carboxylic acids is 1. The Kier molecular flexibility index (Phi) is 5.66. The third kappa shape index (κ3) is 4.12. The summed E-state index contributed by atoms with van der Waals surface area (Å²) in [5, 5.41) is 7.86. The van der Waals surface area contributed by atoms with Crippen molar-refractivity contribution in [2.24, 2.45) is 0 Å². The lowest BCUT2D eigenvalue weighted by Gasteiger charge is -2.15. The van der Waals surface area contributed by atoms with Crippen LogP contribution in [0.1, 0.15) is 21.6 Å². The van der Waals surface area contributed by atoms with Crippen LogP contribution in [0.4, 0.5) is 32.2 Å². The number of benzene rings is 1. The van der Waals surface area contributed by atoms with Gasteiger partial charge < -0.3 is 5.73 Å². The number of nitrogens with zero attached hydrogens (tertiary/aromatic N) is 2.